The molecule has 4 atom stereocenters. The van der Waals surface area contributed by atoms with Gasteiger partial charge in [0.1, 0.15) is 37.8 Å². The van der Waals surface area contributed by atoms with Crippen molar-refractivity contribution in [2.24, 2.45) is 0 Å². The molecule has 4 aromatic rings. The van der Waals surface area contributed by atoms with Crippen LogP contribution in [0.3, 0.4) is 0 Å². The Labute approximate surface area is 442 Å². The van der Waals surface area contributed by atoms with Gasteiger partial charge in [-0.3, -0.25) is 52.8 Å². The highest BCUT2D eigenvalue weighted by molar-refractivity contribution is 6.15. The zero-order valence-electron chi connectivity index (χ0n) is 42.5. The van der Waals surface area contributed by atoms with Gasteiger partial charge in [0, 0.05) is 54.7 Å². The number of aliphatic carboxylic acids is 1. The molecule has 0 radical (unpaired) electrons. The summed E-state index contributed by atoms with van der Waals surface area (Å²) in [6, 6.07) is 8.06. The number of hydrogen-bond acceptors (Lipinski definition) is 16. The number of carbonyl (C=O) groups is 10. The Morgan fingerprint density at radius 2 is 1.58 bits per heavy atom. The van der Waals surface area contributed by atoms with Crippen LogP contribution in [0.25, 0.3) is 22.3 Å². The van der Waals surface area contributed by atoms with E-state index in [1.54, 1.807) is 57.3 Å². The molecule has 26 heteroatoms. The number of fused-ring (bicyclic) bond motifs is 5. The number of esters is 1. The second-order valence-electron chi connectivity index (χ2n) is 18.9. The summed E-state index contributed by atoms with van der Waals surface area (Å²) in [5.41, 5.74) is 1.71. The Morgan fingerprint density at radius 3 is 2.27 bits per heavy atom. The molecule has 8 rings (SSSR count). The summed E-state index contributed by atoms with van der Waals surface area (Å²) >= 11 is 0. The molecule has 0 unspecified atom stereocenters. The molecular formula is C52H55FN10O15. The number of aliphatic hydroxyl groups is 1. The number of likely N-dealkylation sites (N-methyl/N-ethyl adjacent to an activating group) is 1. The summed E-state index contributed by atoms with van der Waals surface area (Å²) in [5, 5.41) is 35.4. The lowest BCUT2D eigenvalue weighted by atomic mass is 9.81. The number of carboxylic acid groups (broad SMARTS) is 1. The van der Waals surface area contributed by atoms with Crippen LogP contribution in [0.1, 0.15) is 64.8 Å². The topological polar surface area (TPSA) is 343 Å². The lowest BCUT2D eigenvalue weighted by Crippen LogP contribution is -2.56. The van der Waals surface area contributed by atoms with Gasteiger partial charge in [-0.15, -0.1) is 0 Å². The highest BCUT2D eigenvalue weighted by Crippen LogP contribution is 2.47. The van der Waals surface area contributed by atoms with Crippen molar-refractivity contribution in [1.82, 2.24) is 51.3 Å². The number of rotatable bonds is 22. The highest BCUT2D eigenvalue weighted by atomic mass is 19.1. The number of halogens is 1. The van der Waals surface area contributed by atoms with Crippen LogP contribution >= 0.6 is 0 Å². The van der Waals surface area contributed by atoms with E-state index in [-0.39, 0.29) is 37.1 Å². The number of pyridine rings is 2. The first-order valence-corrected chi connectivity index (χ1v) is 24.8. The van der Waals surface area contributed by atoms with Gasteiger partial charge in [0.15, 0.2) is 5.60 Å². The van der Waals surface area contributed by atoms with Gasteiger partial charge in [-0.2, -0.15) is 0 Å². The molecule has 0 bridgehead atoms. The fourth-order valence-corrected chi connectivity index (χ4v) is 9.98. The van der Waals surface area contributed by atoms with Crippen LogP contribution < -0.4 is 37.5 Å². The number of cyclic esters (lactones) is 1. The first-order valence-electron chi connectivity index (χ1n) is 24.8. The third-order valence-corrected chi connectivity index (χ3v) is 14.1. The average Bonchev–Trinajstić information content (AvgIpc) is 4.06. The van der Waals surface area contributed by atoms with Gasteiger partial charge in [0.25, 0.3) is 17.4 Å². The van der Waals surface area contributed by atoms with Crippen molar-refractivity contribution in [2.45, 2.75) is 76.4 Å². The minimum Gasteiger partial charge on any atom is -0.480 e. The Morgan fingerprint density at radius 1 is 0.897 bits per heavy atom. The standard InChI is InChI=1S/C52H55FN10O15/c1-4-52(76)31-15-36-47-29(22-62(36)50(74)30(31)23-78-51(52)75)46-35(11-10-28-26(2)32(53)16-33(60-47)45(28)46)61(3)43(69)24-77-25-58-39(65)19-56-48(72)34(14-27-8-6-5-7-9-27)59-40(66)20-55-38(64)18-57-49(73)37(17-54-21-44(70)71)63-41(67)12-13-42(63)68/h5-9,12-13,15-16,34-35,37,54,76H,4,10-11,14,17-25H2,1-3H3,(H,55,64)(H,56,72)(H,57,73)(H,58,65)(H,59,66)(H,70,71)/t34-,35-,37-,52-/m0/s1. The van der Waals surface area contributed by atoms with E-state index < -0.39 is 140 Å². The Bertz CT molecular complexity index is 3260. The van der Waals surface area contributed by atoms with Gasteiger partial charge in [-0.25, -0.2) is 14.2 Å². The molecule has 2 aromatic heterocycles. The van der Waals surface area contributed by atoms with E-state index in [4.69, 9.17) is 19.6 Å². The quantitative estimate of drug-likeness (QED) is 0.0163. The maximum absolute atomic E-state index is 15.5. The van der Waals surface area contributed by atoms with Gasteiger partial charge < -0.3 is 61.1 Å². The monoisotopic (exact) mass is 1080 g/mol. The zero-order valence-corrected chi connectivity index (χ0v) is 42.5. The number of nitrogens with one attached hydrogen (secondary N) is 6. The van der Waals surface area contributed by atoms with Crippen LogP contribution in [0, 0.1) is 12.7 Å². The number of aromatic nitrogens is 2. The SMILES string of the molecule is CC[C@@]1(O)C(=O)OCc2c1cc1n(c2=O)Cc2c-1nc1cc(F)c(C)c3c1c2[C@@H](N(C)C(=O)COCNC(=O)CNC(=O)[C@H](Cc1ccccc1)NC(=O)CNC(=O)CNC(=O)[C@H](CNCC(=O)O)N1C(=O)C=CC1=O)CC3. The summed E-state index contributed by atoms with van der Waals surface area (Å²) in [7, 11) is 1.58. The zero-order chi connectivity index (χ0) is 56.2. The van der Waals surface area contributed by atoms with E-state index in [1.807, 2.05) is 0 Å². The van der Waals surface area contributed by atoms with E-state index in [0.29, 0.717) is 67.8 Å². The smallest absolute Gasteiger partial charge is 0.343 e. The van der Waals surface area contributed by atoms with E-state index in [0.717, 1.165) is 12.2 Å². The van der Waals surface area contributed by atoms with Crippen LogP contribution in [0.4, 0.5) is 4.39 Å². The Balaban J connectivity index is 0.848. The molecule has 0 saturated carbocycles. The molecule has 1 aliphatic carbocycles. The molecular weight excluding hydrogens is 1020 g/mol. The summed E-state index contributed by atoms with van der Waals surface area (Å²) in [4.78, 5) is 148. The second-order valence-corrected chi connectivity index (χ2v) is 18.9. The summed E-state index contributed by atoms with van der Waals surface area (Å²) in [6.07, 6.45) is 2.53. The number of amides is 8. The first kappa shape index (κ1) is 55.5. The normalized spacial score (nSPS) is 17.5. The Hall–Kier alpha value is -8.75. The van der Waals surface area contributed by atoms with Crippen LogP contribution in [-0.2, 0) is 89.0 Å². The van der Waals surface area contributed by atoms with Crippen molar-refractivity contribution in [3.05, 3.63) is 110 Å². The number of aryl methyl sites for hydroxylation is 1. The predicted molar refractivity (Wildman–Crippen MR) is 268 cm³/mol. The number of imide groups is 1. The fraction of sp³-hybridized carbons (Fsp3) is 0.385. The van der Waals surface area contributed by atoms with Crippen molar-refractivity contribution in [3.63, 3.8) is 0 Å². The lowest BCUT2D eigenvalue weighted by molar-refractivity contribution is -0.172. The minimum absolute atomic E-state index is 0.0338. The maximum atomic E-state index is 15.5. The average molecular weight is 1080 g/mol. The van der Waals surface area contributed by atoms with Gasteiger partial charge in [-0.05, 0) is 54.5 Å². The maximum Gasteiger partial charge on any atom is 0.343 e. The van der Waals surface area contributed by atoms with Crippen LogP contribution in [0.15, 0.2) is 59.4 Å². The molecule has 410 valence electrons. The van der Waals surface area contributed by atoms with Crippen molar-refractivity contribution < 1.29 is 72.0 Å². The minimum atomic E-state index is -2.07. The molecule has 2 aromatic carbocycles. The third-order valence-electron chi connectivity index (χ3n) is 14.1. The first-order chi connectivity index (χ1) is 37.2. The van der Waals surface area contributed by atoms with Crippen LogP contribution in [0.5, 0.6) is 0 Å². The summed E-state index contributed by atoms with van der Waals surface area (Å²) in [6.45, 7) is -0.970. The van der Waals surface area contributed by atoms with Gasteiger partial charge in [0.2, 0.25) is 35.4 Å². The number of hydrogen-bond donors (Lipinski definition) is 8. The van der Waals surface area contributed by atoms with E-state index in [9.17, 15) is 57.8 Å². The van der Waals surface area contributed by atoms with E-state index in [1.165, 1.54) is 15.5 Å². The Kier molecular flexibility index (Phi) is 16.5. The molecule has 0 spiro atoms. The van der Waals surface area contributed by atoms with E-state index in [2.05, 4.69) is 31.9 Å². The van der Waals surface area contributed by atoms with Crippen molar-refractivity contribution in [2.75, 3.05) is 53.1 Å². The second kappa shape index (κ2) is 23.2. The van der Waals surface area contributed by atoms with Crippen LogP contribution in [-0.4, -0.2) is 154 Å². The predicted octanol–water partition coefficient (Wildman–Crippen LogP) is -1.89. The molecule has 5 heterocycles. The van der Waals surface area contributed by atoms with Crippen molar-refractivity contribution >= 4 is 70.1 Å². The fourth-order valence-electron chi connectivity index (χ4n) is 9.98. The molecule has 4 aliphatic rings. The van der Waals surface area contributed by atoms with Gasteiger partial charge >= 0.3 is 11.9 Å². The lowest BCUT2D eigenvalue weighted by Gasteiger charge is -2.35. The number of nitrogens with zero attached hydrogens (tertiary/aromatic N) is 4. The molecule has 0 saturated heterocycles. The van der Waals surface area contributed by atoms with Gasteiger partial charge in [0.05, 0.1) is 61.2 Å². The number of carboxylic acids is 1. The largest absolute Gasteiger partial charge is 0.480 e. The highest BCUT2D eigenvalue weighted by Gasteiger charge is 2.46. The molecule has 0 fully saturated rings. The number of benzene rings is 2. The van der Waals surface area contributed by atoms with Crippen molar-refractivity contribution in [3.8, 4) is 11.4 Å². The van der Waals surface area contributed by atoms with Crippen LogP contribution in [0.2, 0.25) is 0 Å². The molecule has 25 nitrogen and oxygen atoms in total. The van der Waals surface area contributed by atoms with Gasteiger partial charge in [-0.1, -0.05) is 37.3 Å². The number of carbonyl (C=O) groups excluding carboxylic acids is 9. The third kappa shape index (κ3) is 11.4. The molecule has 8 amide bonds. The molecule has 78 heavy (non-hydrogen) atoms. The molecule has 3 aliphatic heterocycles. The summed E-state index contributed by atoms with van der Waals surface area (Å²) in [5.74, 6) is -8.91. The summed E-state index contributed by atoms with van der Waals surface area (Å²) < 4.78 is 27.7. The van der Waals surface area contributed by atoms with Crippen molar-refractivity contribution in [1.29, 1.82) is 0 Å². The number of ether oxygens (including phenoxy) is 2. The van der Waals surface area contributed by atoms with E-state index >= 15 is 4.39 Å². The molecule has 8 N–H and O–H groups in total.